The van der Waals surface area contributed by atoms with Gasteiger partial charge < -0.3 is 10.1 Å². The second kappa shape index (κ2) is 4.11. The second-order valence-electron chi connectivity index (χ2n) is 5.25. The van der Waals surface area contributed by atoms with E-state index in [2.05, 4.69) is 5.32 Å². The van der Waals surface area contributed by atoms with E-state index < -0.39 is 0 Å². The van der Waals surface area contributed by atoms with Crippen LogP contribution in [0.25, 0.3) is 0 Å². The van der Waals surface area contributed by atoms with Crippen LogP contribution in [-0.4, -0.2) is 19.4 Å². The predicted molar refractivity (Wildman–Crippen MR) is 68.5 cm³/mol. The summed E-state index contributed by atoms with van der Waals surface area (Å²) >= 11 is 6.04. The van der Waals surface area contributed by atoms with E-state index in [1.807, 2.05) is 18.2 Å². The molecule has 0 aromatic heterocycles. The molecule has 1 heterocycles. The molecular formula is C14H16ClNO. The lowest BCUT2D eigenvalue weighted by atomic mass is 9.70. The average molecular weight is 250 g/mol. The topological polar surface area (TPSA) is 29.1 Å². The van der Waals surface area contributed by atoms with E-state index in [1.54, 1.807) is 0 Å². The van der Waals surface area contributed by atoms with E-state index in [9.17, 15) is 4.79 Å². The second-order valence-corrected chi connectivity index (χ2v) is 5.68. The Labute approximate surface area is 106 Å². The summed E-state index contributed by atoms with van der Waals surface area (Å²) in [5.74, 6) is 0.0665. The third-order valence-corrected chi connectivity index (χ3v) is 4.61. The summed E-state index contributed by atoms with van der Waals surface area (Å²) in [4.78, 5) is 11.5. The molecule has 1 spiro atoms. The van der Waals surface area contributed by atoms with Crippen molar-refractivity contribution in [2.45, 2.75) is 25.2 Å². The first-order chi connectivity index (χ1) is 8.25. The SMILES string of the molecule is O=CC1c2ccc(Cl)cc2CC12CCNCC2. The van der Waals surface area contributed by atoms with Gasteiger partial charge in [-0.3, -0.25) is 0 Å². The third kappa shape index (κ3) is 1.71. The minimum atomic E-state index is 0.0665. The Morgan fingerprint density at radius 2 is 2.12 bits per heavy atom. The predicted octanol–water partition coefficient (Wildman–Crippen LogP) is 2.55. The molecular weight excluding hydrogens is 234 g/mol. The first-order valence-electron chi connectivity index (χ1n) is 6.19. The van der Waals surface area contributed by atoms with E-state index in [1.165, 1.54) is 11.1 Å². The number of halogens is 1. The lowest BCUT2D eigenvalue weighted by molar-refractivity contribution is -0.111. The first-order valence-corrected chi connectivity index (χ1v) is 6.57. The van der Waals surface area contributed by atoms with Crippen LogP contribution in [0.15, 0.2) is 18.2 Å². The highest BCUT2D eigenvalue weighted by molar-refractivity contribution is 6.30. The summed E-state index contributed by atoms with van der Waals surface area (Å²) < 4.78 is 0. The van der Waals surface area contributed by atoms with E-state index in [0.29, 0.717) is 0 Å². The Balaban J connectivity index is 2.03. The molecule has 3 heteroatoms. The third-order valence-electron chi connectivity index (χ3n) is 4.38. The van der Waals surface area contributed by atoms with Gasteiger partial charge in [0, 0.05) is 10.9 Å². The van der Waals surface area contributed by atoms with E-state index in [-0.39, 0.29) is 11.3 Å². The normalized spacial score (nSPS) is 25.8. The molecule has 0 radical (unpaired) electrons. The standard InChI is InChI=1S/C14H16ClNO/c15-11-1-2-12-10(7-11)8-14(13(12)9-17)3-5-16-6-4-14/h1-2,7,9,13,16H,3-6,8H2. The first kappa shape index (κ1) is 11.2. The average Bonchev–Trinajstić information content (AvgIpc) is 2.61. The Morgan fingerprint density at radius 3 is 2.82 bits per heavy atom. The quantitative estimate of drug-likeness (QED) is 0.775. The Bertz CT molecular complexity index is 452. The van der Waals surface area contributed by atoms with E-state index in [0.717, 1.165) is 43.7 Å². The smallest absolute Gasteiger partial charge is 0.128 e. The molecule has 1 aliphatic heterocycles. The molecule has 3 rings (SSSR count). The van der Waals surface area contributed by atoms with E-state index in [4.69, 9.17) is 11.6 Å². The van der Waals surface area contributed by atoms with Crippen LogP contribution < -0.4 is 5.32 Å². The van der Waals surface area contributed by atoms with Crippen molar-refractivity contribution in [2.24, 2.45) is 5.41 Å². The molecule has 0 bridgehead atoms. The van der Waals surface area contributed by atoms with Gasteiger partial charge in [-0.15, -0.1) is 0 Å². The summed E-state index contributed by atoms with van der Waals surface area (Å²) in [6, 6.07) is 5.97. The molecule has 90 valence electrons. The molecule has 1 saturated heterocycles. The highest BCUT2D eigenvalue weighted by atomic mass is 35.5. The maximum absolute atomic E-state index is 11.5. The van der Waals surface area contributed by atoms with Crippen molar-refractivity contribution in [3.8, 4) is 0 Å². The Hall–Kier alpha value is -0.860. The summed E-state index contributed by atoms with van der Waals surface area (Å²) in [5.41, 5.74) is 2.63. The fraction of sp³-hybridized carbons (Fsp3) is 0.500. The zero-order valence-electron chi connectivity index (χ0n) is 9.71. The van der Waals surface area contributed by atoms with Crippen LogP contribution >= 0.6 is 11.6 Å². The molecule has 1 N–H and O–H groups in total. The van der Waals surface area contributed by atoms with Crippen molar-refractivity contribution >= 4 is 17.9 Å². The zero-order valence-corrected chi connectivity index (χ0v) is 10.5. The molecule has 1 unspecified atom stereocenters. The summed E-state index contributed by atoms with van der Waals surface area (Å²) in [7, 11) is 0. The van der Waals surface area contributed by atoms with Crippen molar-refractivity contribution in [1.82, 2.24) is 5.32 Å². The van der Waals surface area contributed by atoms with Gasteiger partial charge in [-0.1, -0.05) is 17.7 Å². The van der Waals surface area contributed by atoms with Gasteiger partial charge in [-0.25, -0.2) is 0 Å². The Morgan fingerprint density at radius 1 is 1.35 bits per heavy atom. The molecule has 1 atom stereocenters. The van der Waals surface area contributed by atoms with E-state index >= 15 is 0 Å². The van der Waals surface area contributed by atoms with Crippen molar-refractivity contribution in [3.05, 3.63) is 34.3 Å². The van der Waals surface area contributed by atoms with Crippen LogP contribution in [-0.2, 0) is 11.2 Å². The number of benzene rings is 1. The van der Waals surface area contributed by atoms with Crippen LogP contribution in [0.4, 0.5) is 0 Å². The van der Waals surface area contributed by atoms with Gasteiger partial charge in [0.2, 0.25) is 0 Å². The van der Waals surface area contributed by atoms with Gasteiger partial charge >= 0.3 is 0 Å². The maximum atomic E-state index is 11.5. The van der Waals surface area contributed by atoms with Gasteiger partial charge in [-0.05, 0) is 61.0 Å². The summed E-state index contributed by atoms with van der Waals surface area (Å²) in [5, 5.41) is 4.15. The number of piperidine rings is 1. The number of fused-ring (bicyclic) bond motifs is 1. The molecule has 1 aromatic carbocycles. The number of carbonyl (C=O) groups excluding carboxylic acids is 1. The van der Waals surface area contributed by atoms with Gasteiger partial charge in [0.15, 0.2) is 0 Å². The number of aldehydes is 1. The van der Waals surface area contributed by atoms with Crippen LogP contribution in [0, 0.1) is 5.41 Å². The highest BCUT2D eigenvalue weighted by Gasteiger charge is 2.46. The van der Waals surface area contributed by atoms with Gasteiger partial charge in [0.05, 0.1) is 0 Å². The molecule has 0 amide bonds. The highest BCUT2D eigenvalue weighted by Crippen LogP contribution is 2.51. The van der Waals surface area contributed by atoms with Crippen molar-refractivity contribution in [1.29, 1.82) is 0 Å². The van der Waals surface area contributed by atoms with Crippen molar-refractivity contribution in [2.75, 3.05) is 13.1 Å². The van der Waals surface area contributed by atoms with Crippen LogP contribution in [0.3, 0.4) is 0 Å². The number of nitrogens with one attached hydrogen (secondary N) is 1. The molecule has 2 nitrogen and oxygen atoms in total. The van der Waals surface area contributed by atoms with Gasteiger partial charge in [0.1, 0.15) is 6.29 Å². The fourth-order valence-corrected chi connectivity index (χ4v) is 3.67. The van der Waals surface area contributed by atoms with Crippen LogP contribution in [0.2, 0.25) is 5.02 Å². The van der Waals surface area contributed by atoms with Crippen molar-refractivity contribution < 1.29 is 4.79 Å². The summed E-state index contributed by atoms with van der Waals surface area (Å²) in [6.45, 7) is 2.04. The van der Waals surface area contributed by atoms with Crippen LogP contribution in [0.5, 0.6) is 0 Å². The van der Waals surface area contributed by atoms with Gasteiger partial charge in [0.25, 0.3) is 0 Å². The fourth-order valence-electron chi connectivity index (χ4n) is 3.48. The minimum absolute atomic E-state index is 0.0665. The molecule has 1 fully saturated rings. The number of hydrogen-bond acceptors (Lipinski definition) is 2. The van der Waals surface area contributed by atoms with Crippen LogP contribution in [0.1, 0.15) is 29.9 Å². The molecule has 1 aliphatic carbocycles. The minimum Gasteiger partial charge on any atom is -0.317 e. The molecule has 1 aromatic rings. The zero-order chi connectivity index (χ0) is 11.9. The van der Waals surface area contributed by atoms with Gasteiger partial charge in [-0.2, -0.15) is 0 Å². The summed E-state index contributed by atoms with van der Waals surface area (Å²) in [6.07, 6.45) is 4.32. The number of hydrogen-bond donors (Lipinski definition) is 1. The molecule has 2 aliphatic rings. The monoisotopic (exact) mass is 249 g/mol. The largest absolute Gasteiger partial charge is 0.317 e. The molecule has 17 heavy (non-hydrogen) atoms. The van der Waals surface area contributed by atoms with Crippen molar-refractivity contribution in [3.63, 3.8) is 0 Å². The number of rotatable bonds is 1. The number of carbonyl (C=O) groups is 1. The maximum Gasteiger partial charge on any atom is 0.128 e. The molecule has 0 saturated carbocycles. The lowest BCUT2D eigenvalue weighted by Gasteiger charge is -2.37. The Kier molecular flexibility index (Phi) is 2.72. The lowest BCUT2D eigenvalue weighted by Crippen LogP contribution is -2.39.